The molecule has 1 saturated carbocycles. The first-order chi connectivity index (χ1) is 14.7. The van der Waals surface area contributed by atoms with Gasteiger partial charge in [0.15, 0.2) is 0 Å². The van der Waals surface area contributed by atoms with Crippen molar-refractivity contribution in [3.63, 3.8) is 0 Å². The van der Waals surface area contributed by atoms with Gasteiger partial charge in [-0.25, -0.2) is 0 Å². The maximum absolute atomic E-state index is 13.7. The van der Waals surface area contributed by atoms with Gasteiger partial charge in [-0.2, -0.15) is 0 Å². The second kappa shape index (κ2) is 8.03. The maximum Gasteiger partial charge on any atom is 0.257 e. The number of carbonyl (C=O) groups excluding carboxylic acids is 2. The Morgan fingerprint density at radius 2 is 1.90 bits per heavy atom. The molecule has 30 heavy (non-hydrogen) atoms. The van der Waals surface area contributed by atoms with Crippen LogP contribution in [-0.4, -0.2) is 27.7 Å². The van der Waals surface area contributed by atoms with Gasteiger partial charge in [0, 0.05) is 24.3 Å². The molecule has 5 rings (SSSR count). The van der Waals surface area contributed by atoms with E-state index in [1.807, 2.05) is 52.7 Å². The van der Waals surface area contributed by atoms with Gasteiger partial charge in [0.1, 0.15) is 6.04 Å². The molecule has 1 atom stereocenters. The van der Waals surface area contributed by atoms with Gasteiger partial charge >= 0.3 is 0 Å². The topological polar surface area (TPSA) is 62.3 Å². The van der Waals surface area contributed by atoms with E-state index < -0.39 is 6.04 Å². The van der Waals surface area contributed by atoms with Crippen LogP contribution in [0.2, 0.25) is 0 Å². The molecule has 3 heterocycles. The van der Waals surface area contributed by atoms with E-state index in [1.165, 1.54) is 0 Å². The molecule has 1 aliphatic carbocycles. The van der Waals surface area contributed by atoms with Gasteiger partial charge in [0.05, 0.1) is 16.1 Å². The van der Waals surface area contributed by atoms with E-state index in [2.05, 4.69) is 10.3 Å². The molecule has 1 N–H and O–H groups in total. The second-order valence-electron chi connectivity index (χ2n) is 7.86. The predicted octanol–water partition coefficient (Wildman–Crippen LogP) is 4.57. The first-order valence-corrected chi connectivity index (χ1v) is 11.3. The number of thiophene rings is 1. The first kappa shape index (κ1) is 19.0. The molecule has 5 nitrogen and oxygen atoms in total. The summed E-state index contributed by atoms with van der Waals surface area (Å²) in [6.07, 6.45) is 5.75. The van der Waals surface area contributed by atoms with Gasteiger partial charge in [-0.3, -0.25) is 14.6 Å². The lowest BCUT2D eigenvalue weighted by molar-refractivity contribution is -0.126. The number of benzene rings is 1. The zero-order valence-corrected chi connectivity index (χ0v) is 17.4. The van der Waals surface area contributed by atoms with Crippen LogP contribution in [0.5, 0.6) is 0 Å². The molecule has 6 heteroatoms. The Kier molecular flexibility index (Phi) is 5.09. The van der Waals surface area contributed by atoms with Gasteiger partial charge in [0.25, 0.3) is 5.91 Å². The summed E-state index contributed by atoms with van der Waals surface area (Å²) in [5, 5.41) is 5.07. The molecule has 2 aliphatic rings. The van der Waals surface area contributed by atoms with Gasteiger partial charge in [-0.1, -0.05) is 43.2 Å². The molecule has 152 valence electrons. The van der Waals surface area contributed by atoms with Crippen molar-refractivity contribution in [2.75, 3.05) is 0 Å². The third kappa shape index (κ3) is 3.31. The summed E-state index contributed by atoms with van der Waals surface area (Å²) in [4.78, 5) is 34.5. The fraction of sp³-hybridized carbons (Fsp3) is 0.292. The number of fused-ring (bicyclic) bond motifs is 3. The van der Waals surface area contributed by atoms with Crippen LogP contribution in [0.1, 0.15) is 53.2 Å². The lowest BCUT2D eigenvalue weighted by Crippen LogP contribution is -2.47. The fourth-order valence-electron chi connectivity index (χ4n) is 4.60. The van der Waals surface area contributed by atoms with Crippen LogP contribution in [0.4, 0.5) is 0 Å². The van der Waals surface area contributed by atoms with Crippen molar-refractivity contribution in [3.8, 4) is 10.6 Å². The van der Waals surface area contributed by atoms with E-state index in [9.17, 15) is 9.59 Å². The van der Waals surface area contributed by atoms with Crippen LogP contribution < -0.4 is 5.32 Å². The number of pyridine rings is 1. The molecule has 1 fully saturated rings. The standard InChI is InChI=1S/C24H23N3O2S/c28-23(26-15-16-7-2-1-3-8-16)21-19-12-14-30-22(19)20-18(11-6-13-25-20)24(29)27(21)17-9-4-5-10-17/h1-3,6-8,11-14,17,21H,4-5,9-10,15H2,(H,26,28). The monoisotopic (exact) mass is 417 g/mol. The van der Waals surface area contributed by atoms with Crippen LogP contribution in [0, 0.1) is 0 Å². The second-order valence-corrected chi connectivity index (χ2v) is 8.78. The molecule has 0 bridgehead atoms. The molecule has 0 radical (unpaired) electrons. The normalized spacial score (nSPS) is 18.6. The summed E-state index contributed by atoms with van der Waals surface area (Å²) in [6.45, 7) is 0.438. The minimum Gasteiger partial charge on any atom is -0.350 e. The van der Waals surface area contributed by atoms with Crippen molar-refractivity contribution in [2.24, 2.45) is 0 Å². The number of amides is 2. The number of nitrogens with one attached hydrogen (secondary N) is 1. The molecule has 1 aliphatic heterocycles. The van der Waals surface area contributed by atoms with Gasteiger partial charge in [0.2, 0.25) is 5.91 Å². The highest BCUT2D eigenvalue weighted by atomic mass is 32.1. The molecule has 0 spiro atoms. The van der Waals surface area contributed by atoms with E-state index in [4.69, 9.17) is 0 Å². The molecular weight excluding hydrogens is 394 g/mol. The zero-order valence-electron chi connectivity index (χ0n) is 16.6. The third-order valence-corrected chi connectivity index (χ3v) is 6.97. The Balaban J connectivity index is 1.56. The minimum absolute atomic E-state index is 0.0730. The SMILES string of the molecule is O=C(NCc1ccccc1)C1c2ccsc2-c2ncccc2C(=O)N1C1CCCC1. The third-order valence-electron chi connectivity index (χ3n) is 6.03. The lowest BCUT2D eigenvalue weighted by atomic mass is 10.0. The molecule has 3 aromatic rings. The van der Waals surface area contributed by atoms with Crippen LogP contribution in [0.3, 0.4) is 0 Å². The summed E-state index contributed by atoms with van der Waals surface area (Å²) in [5.41, 5.74) is 3.19. The Bertz CT molecular complexity index is 1070. The molecule has 0 saturated heterocycles. The highest BCUT2D eigenvalue weighted by Crippen LogP contribution is 2.43. The van der Waals surface area contributed by atoms with E-state index in [-0.39, 0.29) is 17.9 Å². The number of carbonyl (C=O) groups is 2. The summed E-state index contributed by atoms with van der Waals surface area (Å²) in [6, 6.07) is 14.9. The van der Waals surface area contributed by atoms with E-state index in [1.54, 1.807) is 23.6 Å². The lowest BCUT2D eigenvalue weighted by Gasteiger charge is -2.34. The van der Waals surface area contributed by atoms with Crippen molar-refractivity contribution in [1.29, 1.82) is 0 Å². The number of nitrogens with zero attached hydrogens (tertiary/aromatic N) is 2. The summed E-state index contributed by atoms with van der Waals surface area (Å²) >= 11 is 1.54. The number of aromatic nitrogens is 1. The van der Waals surface area contributed by atoms with Crippen LogP contribution in [0.15, 0.2) is 60.1 Å². The van der Waals surface area contributed by atoms with Crippen LogP contribution in [0.25, 0.3) is 10.6 Å². The molecule has 1 aromatic carbocycles. The molecule has 2 amide bonds. The molecule has 1 unspecified atom stereocenters. The average molecular weight is 418 g/mol. The molecular formula is C24H23N3O2S. The Morgan fingerprint density at radius 1 is 1.10 bits per heavy atom. The maximum atomic E-state index is 13.7. The number of hydrogen-bond acceptors (Lipinski definition) is 4. The van der Waals surface area contributed by atoms with E-state index in [0.717, 1.165) is 41.7 Å². The largest absolute Gasteiger partial charge is 0.350 e. The highest BCUT2D eigenvalue weighted by molar-refractivity contribution is 7.13. The van der Waals surface area contributed by atoms with Crippen molar-refractivity contribution in [2.45, 2.75) is 44.3 Å². The smallest absolute Gasteiger partial charge is 0.257 e. The number of hydrogen-bond donors (Lipinski definition) is 1. The van der Waals surface area contributed by atoms with Crippen LogP contribution >= 0.6 is 11.3 Å². The number of rotatable bonds is 4. The molecule has 2 aromatic heterocycles. The minimum atomic E-state index is -0.639. The summed E-state index contributed by atoms with van der Waals surface area (Å²) in [5.74, 6) is -0.222. The quantitative estimate of drug-likeness (QED) is 0.677. The first-order valence-electron chi connectivity index (χ1n) is 10.4. The van der Waals surface area contributed by atoms with Crippen molar-refractivity contribution < 1.29 is 9.59 Å². The van der Waals surface area contributed by atoms with E-state index >= 15 is 0 Å². The zero-order chi connectivity index (χ0) is 20.5. The Morgan fingerprint density at radius 3 is 2.70 bits per heavy atom. The van der Waals surface area contributed by atoms with Gasteiger partial charge in [-0.05, 0) is 42.0 Å². The van der Waals surface area contributed by atoms with Gasteiger partial charge < -0.3 is 10.2 Å². The van der Waals surface area contributed by atoms with Crippen molar-refractivity contribution in [3.05, 3.63) is 76.8 Å². The Labute approximate surface area is 179 Å². The van der Waals surface area contributed by atoms with Crippen molar-refractivity contribution >= 4 is 23.2 Å². The van der Waals surface area contributed by atoms with Gasteiger partial charge in [-0.15, -0.1) is 11.3 Å². The average Bonchev–Trinajstić information content (AvgIpc) is 3.47. The predicted molar refractivity (Wildman–Crippen MR) is 117 cm³/mol. The summed E-state index contributed by atoms with van der Waals surface area (Å²) < 4.78 is 0. The highest BCUT2D eigenvalue weighted by Gasteiger charge is 2.42. The fourth-order valence-corrected chi connectivity index (χ4v) is 5.54. The van der Waals surface area contributed by atoms with Crippen molar-refractivity contribution in [1.82, 2.24) is 15.2 Å². The Hall–Kier alpha value is -2.99. The van der Waals surface area contributed by atoms with Crippen LogP contribution in [-0.2, 0) is 11.3 Å². The summed E-state index contributed by atoms with van der Waals surface area (Å²) in [7, 11) is 0. The van der Waals surface area contributed by atoms with E-state index in [0.29, 0.717) is 17.8 Å².